The van der Waals surface area contributed by atoms with Gasteiger partial charge in [0.15, 0.2) is 0 Å². The van der Waals surface area contributed by atoms with Crippen LogP contribution in [-0.4, -0.2) is 26.0 Å². The fourth-order valence-electron chi connectivity index (χ4n) is 1.49. The highest BCUT2D eigenvalue weighted by Gasteiger charge is 2.13. The number of hydrogen-bond donors (Lipinski definition) is 1. The molecule has 0 bridgehead atoms. The largest absolute Gasteiger partial charge is 0.477 e. The number of carbonyl (C=O) groups is 1. The van der Waals surface area contributed by atoms with E-state index in [2.05, 4.69) is 9.97 Å². The van der Waals surface area contributed by atoms with Gasteiger partial charge >= 0.3 is 5.97 Å². The number of rotatable bonds is 4. The van der Waals surface area contributed by atoms with Crippen LogP contribution in [0.5, 0.6) is 0 Å². The molecule has 0 radical (unpaired) electrons. The molecular weight excluding hydrogens is 282 g/mol. The summed E-state index contributed by atoms with van der Waals surface area (Å²) in [5.41, 5.74) is 0.205. The average molecular weight is 291 g/mol. The monoisotopic (exact) mass is 291 g/mol. The molecule has 0 aliphatic rings. The summed E-state index contributed by atoms with van der Waals surface area (Å²) in [6.45, 7) is 1.55. The zero-order valence-corrected chi connectivity index (χ0v) is 11.1. The molecule has 102 valence electrons. The van der Waals surface area contributed by atoms with Gasteiger partial charge in [0.1, 0.15) is 16.4 Å². The van der Waals surface area contributed by atoms with Crippen LogP contribution < -0.4 is 0 Å². The second kappa shape index (κ2) is 5.66. The molecule has 0 aliphatic carbocycles. The van der Waals surface area contributed by atoms with Crippen molar-refractivity contribution >= 4 is 23.4 Å². The van der Waals surface area contributed by atoms with Crippen molar-refractivity contribution in [1.29, 1.82) is 0 Å². The third-order valence-electron chi connectivity index (χ3n) is 2.40. The van der Waals surface area contributed by atoms with Gasteiger partial charge in [-0.3, -0.25) is 10.1 Å². The molecule has 20 heavy (non-hydrogen) atoms. The van der Waals surface area contributed by atoms with Gasteiger partial charge < -0.3 is 5.11 Å². The molecule has 0 saturated carbocycles. The maximum Gasteiger partial charge on any atom is 0.354 e. The van der Waals surface area contributed by atoms with E-state index in [1.807, 2.05) is 0 Å². The number of aromatic carboxylic acids is 1. The average Bonchev–Trinajstić information content (AvgIpc) is 2.38. The molecule has 0 fully saturated rings. The first-order chi connectivity index (χ1) is 9.47. The Kier molecular flexibility index (Phi) is 3.94. The van der Waals surface area contributed by atoms with E-state index < -0.39 is 10.9 Å². The molecular formula is C12H9N3O4S. The molecule has 2 aromatic heterocycles. The van der Waals surface area contributed by atoms with E-state index in [-0.39, 0.29) is 11.4 Å². The Hall–Kier alpha value is -2.48. The molecule has 2 aromatic rings. The smallest absolute Gasteiger partial charge is 0.354 e. The van der Waals surface area contributed by atoms with Gasteiger partial charge in [0.2, 0.25) is 0 Å². The molecule has 0 aliphatic heterocycles. The third kappa shape index (κ3) is 3.09. The minimum Gasteiger partial charge on any atom is -0.477 e. The normalized spacial score (nSPS) is 10.2. The minimum atomic E-state index is -1.11. The number of carboxylic acids is 1. The molecule has 0 saturated heterocycles. The third-order valence-corrected chi connectivity index (χ3v) is 3.33. The summed E-state index contributed by atoms with van der Waals surface area (Å²) in [4.78, 5) is 29.5. The molecule has 1 N–H and O–H groups in total. The predicted molar refractivity (Wildman–Crippen MR) is 70.9 cm³/mol. The molecule has 2 rings (SSSR count). The molecule has 0 spiro atoms. The quantitative estimate of drug-likeness (QED) is 0.681. The van der Waals surface area contributed by atoms with Crippen LogP contribution in [0.25, 0.3) is 0 Å². The van der Waals surface area contributed by atoms with E-state index in [0.29, 0.717) is 15.6 Å². The molecule has 7 nitrogen and oxygen atoms in total. The standard InChI is InChI=1S/C12H9N3O4S/c1-7-10(15(18)19)2-3-11(14-7)20-8-4-5-13-9(6-8)12(16)17/h2-6H,1H3,(H,16,17). The summed E-state index contributed by atoms with van der Waals surface area (Å²) in [6, 6.07) is 5.97. The van der Waals surface area contributed by atoms with Crippen LogP contribution in [0.15, 0.2) is 40.4 Å². The van der Waals surface area contributed by atoms with E-state index in [0.717, 1.165) is 0 Å². The van der Waals surface area contributed by atoms with Crippen LogP contribution in [-0.2, 0) is 0 Å². The highest BCUT2D eigenvalue weighted by molar-refractivity contribution is 7.99. The Labute approximate surface area is 117 Å². The van der Waals surface area contributed by atoms with Crippen molar-refractivity contribution in [3.05, 3.63) is 52.0 Å². The van der Waals surface area contributed by atoms with Gasteiger partial charge in [-0.25, -0.2) is 14.8 Å². The maximum atomic E-state index is 10.8. The summed E-state index contributed by atoms with van der Waals surface area (Å²) in [5.74, 6) is -1.11. The van der Waals surface area contributed by atoms with E-state index in [9.17, 15) is 14.9 Å². The van der Waals surface area contributed by atoms with Crippen LogP contribution in [0.2, 0.25) is 0 Å². The van der Waals surface area contributed by atoms with Crippen molar-refractivity contribution in [2.45, 2.75) is 16.8 Å². The van der Waals surface area contributed by atoms with Gasteiger partial charge in [0.25, 0.3) is 5.69 Å². The van der Waals surface area contributed by atoms with Crippen molar-refractivity contribution in [2.75, 3.05) is 0 Å². The molecule has 2 heterocycles. The lowest BCUT2D eigenvalue weighted by Gasteiger charge is -2.03. The SMILES string of the molecule is Cc1nc(Sc2ccnc(C(=O)O)c2)ccc1[N+](=O)[O-]. The first-order valence-electron chi connectivity index (χ1n) is 5.46. The maximum absolute atomic E-state index is 10.8. The lowest BCUT2D eigenvalue weighted by atomic mass is 10.3. The van der Waals surface area contributed by atoms with Crippen LogP contribution in [0.3, 0.4) is 0 Å². The number of hydrogen-bond acceptors (Lipinski definition) is 6. The van der Waals surface area contributed by atoms with Crippen LogP contribution in [0, 0.1) is 17.0 Å². The number of pyridine rings is 2. The Morgan fingerprint density at radius 1 is 1.40 bits per heavy atom. The first-order valence-corrected chi connectivity index (χ1v) is 6.28. The number of nitro groups is 1. The summed E-state index contributed by atoms with van der Waals surface area (Å²) >= 11 is 1.22. The lowest BCUT2D eigenvalue weighted by Crippen LogP contribution is -1.99. The molecule has 8 heteroatoms. The number of nitrogens with zero attached hydrogens (tertiary/aromatic N) is 3. The Bertz CT molecular complexity index is 690. The number of aryl methyl sites for hydroxylation is 1. The van der Waals surface area contributed by atoms with E-state index in [1.165, 1.54) is 36.2 Å². The van der Waals surface area contributed by atoms with Crippen molar-refractivity contribution in [2.24, 2.45) is 0 Å². The second-order valence-electron chi connectivity index (χ2n) is 3.80. The number of aromatic nitrogens is 2. The van der Waals surface area contributed by atoms with Gasteiger partial charge in [-0.1, -0.05) is 11.8 Å². The fraction of sp³-hybridized carbons (Fsp3) is 0.0833. The van der Waals surface area contributed by atoms with Gasteiger partial charge in [-0.15, -0.1) is 0 Å². The van der Waals surface area contributed by atoms with E-state index in [4.69, 9.17) is 5.11 Å². The second-order valence-corrected chi connectivity index (χ2v) is 4.89. The summed E-state index contributed by atoms with van der Waals surface area (Å²) in [5, 5.41) is 20.1. The van der Waals surface area contributed by atoms with Crippen LogP contribution in [0.4, 0.5) is 5.69 Å². The topological polar surface area (TPSA) is 106 Å². The van der Waals surface area contributed by atoms with Crippen molar-refractivity contribution in [1.82, 2.24) is 9.97 Å². The first kappa shape index (κ1) is 13.9. The van der Waals surface area contributed by atoms with Crippen LogP contribution >= 0.6 is 11.8 Å². The summed E-state index contributed by atoms with van der Waals surface area (Å²) < 4.78 is 0. The van der Waals surface area contributed by atoms with Gasteiger partial charge in [-0.2, -0.15) is 0 Å². The Morgan fingerprint density at radius 2 is 2.15 bits per heavy atom. The number of carboxylic acid groups (broad SMARTS) is 1. The van der Waals surface area contributed by atoms with Gasteiger partial charge in [0.05, 0.1) is 4.92 Å². The highest BCUT2D eigenvalue weighted by atomic mass is 32.2. The zero-order chi connectivity index (χ0) is 14.7. The molecule has 0 aromatic carbocycles. The highest BCUT2D eigenvalue weighted by Crippen LogP contribution is 2.28. The van der Waals surface area contributed by atoms with Gasteiger partial charge in [-0.05, 0) is 25.1 Å². The van der Waals surface area contributed by atoms with Crippen molar-refractivity contribution < 1.29 is 14.8 Å². The van der Waals surface area contributed by atoms with Crippen molar-refractivity contribution in [3.63, 3.8) is 0 Å². The minimum absolute atomic E-state index is 0.0460. The Morgan fingerprint density at radius 3 is 2.75 bits per heavy atom. The molecule has 0 unspecified atom stereocenters. The summed E-state index contributed by atoms with van der Waals surface area (Å²) in [7, 11) is 0. The zero-order valence-electron chi connectivity index (χ0n) is 10.3. The molecule has 0 atom stereocenters. The molecule has 0 amide bonds. The summed E-state index contributed by atoms with van der Waals surface area (Å²) in [6.07, 6.45) is 1.39. The lowest BCUT2D eigenvalue weighted by molar-refractivity contribution is -0.385. The van der Waals surface area contributed by atoms with Crippen molar-refractivity contribution in [3.8, 4) is 0 Å². The predicted octanol–water partition coefficient (Wildman–Crippen LogP) is 2.54. The Balaban J connectivity index is 2.26. The van der Waals surface area contributed by atoms with Gasteiger partial charge in [0, 0.05) is 17.2 Å². The van der Waals surface area contributed by atoms with E-state index >= 15 is 0 Å². The fourth-order valence-corrected chi connectivity index (χ4v) is 2.35. The van der Waals surface area contributed by atoms with Crippen LogP contribution in [0.1, 0.15) is 16.2 Å². The van der Waals surface area contributed by atoms with E-state index in [1.54, 1.807) is 13.0 Å².